The summed E-state index contributed by atoms with van der Waals surface area (Å²) in [5.41, 5.74) is 0. The van der Waals surface area contributed by atoms with Gasteiger partial charge in [-0.3, -0.25) is 0 Å². The van der Waals surface area contributed by atoms with Gasteiger partial charge in [0.2, 0.25) is 4.38 Å². The molecule has 0 spiro atoms. The summed E-state index contributed by atoms with van der Waals surface area (Å²) in [6, 6.07) is 0. The van der Waals surface area contributed by atoms with Crippen LogP contribution in [-0.2, 0) is 9.53 Å². The van der Waals surface area contributed by atoms with Gasteiger partial charge in [-0.1, -0.05) is 18.7 Å². The molecule has 0 unspecified atom stereocenters. The first-order valence-electron chi connectivity index (χ1n) is 3.12. The number of rotatable bonds is 3. The van der Waals surface area contributed by atoms with Crippen molar-refractivity contribution in [3.8, 4) is 0 Å². The minimum absolute atomic E-state index is 0. The van der Waals surface area contributed by atoms with Gasteiger partial charge in [0.25, 0.3) is 0 Å². The number of ether oxygens (including phenoxy) is 1. The Kier molecular flexibility index (Phi) is 10.5. The second kappa shape index (κ2) is 8.31. The van der Waals surface area contributed by atoms with Gasteiger partial charge in [0.1, 0.15) is 6.10 Å². The van der Waals surface area contributed by atoms with E-state index in [4.69, 9.17) is 17.0 Å². The first-order valence-corrected chi connectivity index (χ1v) is 4.51. The number of hydrogen-bond donors (Lipinski definition) is 0. The number of aliphatic carboxylic acids is 1. The molecule has 0 aliphatic heterocycles. The molecule has 0 aliphatic rings. The molecular formula is C6H9NaO3S2. The molecule has 12 heavy (non-hydrogen) atoms. The topological polar surface area (TPSA) is 49.4 Å². The number of carbonyl (C=O) groups is 1. The van der Waals surface area contributed by atoms with E-state index >= 15 is 0 Å². The molecule has 0 radical (unpaired) electrons. The van der Waals surface area contributed by atoms with Crippen LogP contribution in [0.5, 0.6) is 0 Å². The van der Waals surface area contributed by atoms with Gasteiger partial charge in [0.15, 0.2) is 0 Å². The van der Waals surface area contributed by atoms with Crippen LogP contribution < -0.4 is 34.7 Å². The van der Waals surface area contributed by atoms with Crippen LogP contribution in [0.1, 0.15) is 13.8 Å². The van der Waals surface area contributed by atoms with Gasteiger partial charge in [0, 0.05) is 0 Å². The number of hydrogen-bond acceptors (Lipinski definition) is 5. The molecule has 0 N–H and O–H groups in total. The van der Waals surface area contributed by atoms with E-state index in [1.807, 2.05) is 6.92 Å². The molecule has 0 aromatic carbocycles. The van der Waals surface area contributed by atoms with E-state index in [-0.39, 0.29) is 33.9 Å². The average Bonchev–Trinajstić information content (AvgIpc) is 1.87. The summed E-state index contributed by atoms with van der Waals surface area (Å²) >= 11 is 5.99. The molecule has 0 aromatic heterocycles. The van der Waals surface area contributed by atoms with Gasteiger partial charge >= 0.3 is 29.6 Å². The second-order valence-electron chi connectivity index (χ2n) is 1.76. The van der Waals surface area contributed by atoms with Crippen LogP contribution in [0.2, 0.25) is 0 Å². The van der Waals surface area contributed by atoms with Crippen molar-refractivity contribution in [3.05, 3.63) is 0 Å². The van der Waals surface area contributed by atoms with Crippen molar-refractivity contribution in [2.24, 2.45) is 0 Å². The van der Waals surface area contributed by atoms with Gasteiger partial charge < -0.3 is 14.6 Å². The first-order chi connectivity index (χ1) is 5.07. The van der Waals surface area contributed by atoms with E-state index in [2.05, 4.69) is 0 Å². The standard InChI is InChI=1S/C6H10O3S2.Na/c1-3-11-6(10)9-4(2)5(7)8;/h4H,3H2,1-2H3,(H,7,8);/q;+1/p-1/t4-;/m1./s1. The maximum absolute atomic E-state index is 10.1. The molecule has 0 saturated carbocycles. The smallest absolute Gasteiger partial charge is 0.546 e. The van der Waals surface area contributed by atoms with E-state index < -0.39 is 12.1 Å². The molecule has 0 aromatic rings. The fraction of sp³-hybridized carbons (Fsp3) is 0.667. The van der Waals surface area contributed by atoms with Crippen LogP contribution in [-0.4, -0.2) is 22.2 Å². The van der Waals surface area contributed by atoms with Crippen molar-refractivity contribution in [3.63, 3.8) is 0 Å². The van der Waals surface area contributed by atoms with Gasteiger partial charge in [-0.25, -0.2) is 0 Å². The number of carbonyl (C=O) groups excluding carboxylic acids is 1. The molecule has 64 valence electrons. The van der Waals surface area contributed by atoms with Crippen molar-refractivity contribution in [2.45, 2.75) is 20.0 Å². The molecule has 6 heteroatoms. The Hall–Kier alpha value is 0.710. The summed E-state index contributed by atoms with van der Waals surface area (Å²) in [6.07, 6.45) is -0.957. The monoisotopic (exact) mass is 216 g/mol. The van der Waals surface area contributed by atoms with Gasteiger partial charge in [-0.05, 0) is 24.9 Å². The van der Waals surface area contributed by atoms with Crippen LogP contribution in [0, 0.1) is 0 Å². The minimum Gasteiger partial charge on any atom is -0.546 e. The summed E-state index contributed by atoms with van der Waals surface area (Å²) in [5.74, 6) is -0.470. The molecule has 0 bridgehead atoms. The SMILES string of the molecule is CCSC(=S)O[C@H](C)C(=O)[O-].[Na+]. The molecule has 0 rings (SSSR count). The minimum atomic E-state index is -1.25. The molecule has 0 aliphatic carbocycles. The third kappa shape index (κ3) is 7.36. The van der Waals surface area contributed by atoms with E-state index in [1.165, 1.54) is 18.7 Å². The summed E-state index contributed by atoms with van der Waals surface area (Å²) in [5, 5.41) is 10.1. The van der Waals surface area contributed by atoms with Crippen LogP contribution in [0.15, 0.2) is 0 Å². The van der Waals surface area contributed by atoms with E-state index in [0.717, 1.165) is 5.75 Å². The van der Waals surface area contributed by atoms with Crippen molar-refractivity contribution < 1.29 is 44.2 Å². The zero-order valence-corrected chi connectivity index (χ0v) is 11.0. The second-order valence-corrected chi connectivity index (χ2v) is 3.63. The fourth-order valence-electron chi connectivity index (χ4n) is 0.344. The first kappa shape index (κ1) is 15.2. The molecule has 0 heterocycles. The average molecular weight is 216 g/mol. The Morgan fingerprint density at radius 3 is 2.58 bits per heavy atom. The Morgan fingerprint density at radius 2 is 2.25 bits per heavy atom. The summed E-state index contributed by atoms with van der Waals surface area (Å²) < 4.78 is 5.04. The summed E-state index contributed by atoms with van der Waals surface area (Å²) in [6.45, 7) is 3.29. The van der Waals surface area contributed by atoms with Gasteiger partial charge in [-0.15, -0.1) is 0 Å². The van der Waals surface area contributed by atoms with E-state index in [1.54, 1.807) is 0 Å². The molecule has 3 nitrogen and oxygen atoms in total. The number of thiocarbonyl (C=S) groups is 1. The maximum atomic E-state index is 10.1. The summed E-state index contributed by atoms with van der Waals surface area (Å²) in [4.78, 5) is 10.1. The predicted molar refractivity (Wildman–Crippen MR) is 46.3 cm³/mol. The van der Waals surface area contributed by atoms with Crippen LogP contribution in [0.25, 0.3) is 0 Å². The summed E-state index contributed by atoms with van der Waals surface area (Å²) in [7, 11) is 0. The quantitative estimate of drug-likeness (QED) is 0.376. The third-order valence-corrected chi connectivity index (χ3v) is 1.94. The molecule has 1 atom stereocenters. The van der Waals surface area contributed by atoms with Crippen LogP contribution in [0.3, 0.4) is 0 Å². The Balaban J connectivity index is 0. The van der Waals surface area contributed by atoms with E-state index in [9.17, 15) is 9.90 Å². The predicted octanol–water partition coefficient (Wildman–Crippen LogP) is -2.82. The van der Waals surface area contributed by atoms with Crippen molar-refractivity contribution in [2.75, 3.05) is 5.75 Å². The van der Waals surface area contributed by atoms with Crippen molar-refractivity contribution in [1.82, 2.24) is 0 Å². The Labute approximate surface area is 104 Å². The Morgan fingerprint density at radius 1 is 1.75 bits per heavy atom. The maximum Gasteiger partial charge on any atom is 1.00 e. The number of thioether (sulfide) groups is 1. The fourth-order valence-corrected chi connectivity index (χ4v) is 1.29. The van der Waals surface area contributed by atoms with Crippen molar-refractivity contribution >= 4 is 34.3 Å². The zero-order valence-electron chi connectivity index (χ0n) is 7.33. The van der Waals surface area contributed by atoms with Gasteiger partial charge in [-0.2, -0.15) is 0 Å². The van der Waals surface area contributed by atoms with Gasteiger partial charge in [0.05, 0.1) is 5.97 Å². The van der Waals surface area contributed by atoms with Crippen molar-refractivity contribution in [1.29, 1.82) is 0 Å². The molecule has 0 amide bonds. The number of carboxylic acid groups (broad SMARTS) is 1. The molecular weight excluding hydrogens is 207 g/mol. The van der Waals surface area contributed by atoms with E-state index in [0.29, 0.717) is 0 Å². The third-order valence-electron chi connectivity index (χ3n) is 0.867. The number of carboxylic acids is 1. The zero-order chi connectivity index (χ0) is 8.85. The largest absolute Gasteiger partial charge is 1.00 e. The normalized spacial score (nSPS) is 11.2. The van der Waals surface area contributed by atoms with Crippen LogP contribution >= 0.6 is 24.0 Å². The van der Waals surface area contributed by atoms with Crippen LogP contribution in [0.4, 0.5) is 0 Å². The molecule has 0 saturated heterocycles. The Bertz CT molecular complexity index is 163. The molecule has 0 fully saturated rings.